The molecule has 0 aromatic carbocycles. The molecule has 0 aliphatic carbocycles. The lowest BCUT2D eigenvalue weighted by atomic mass is 10.1. The van der Waals surface area contributed by atoms with Crippen molar-refractivity contribution in [3.8, 4) is 0 Å². The molecule has 1 unspecified atom stereocenters. The molecular formula is C7H14O3. The molecule has 3 nitrogen and oxygen atoms in total. The third-order valence-corrected chi connectivity index (χ3v) is 1.26. The highest BCUT2D eigenvalue weighted by Gasteiger charge is 2.07. The Kier molecular flexibility index (Phi) is 5.16. The van der Waals surface area contributed by atoms with Crippen LogP contribution in [0.4, 0.5) is 0 Å². The smallest absolute Gasteiger partial charge is 0.160 e. The summed E-state index contributed by atoms with van der Waals surface area (Å²) in [5.41, 5.74) is 0. The predicted octanol–water partition coefficient (Wildman–Crippen LogP) is 0.0989. The van der Waals surface area contributed by atoms with E-state index in [1.807, 2.05) is 6.92 Å². The van der Waals surface area contributed by atoms with Crippen molar-refractivity contribution in [2.45, 2.75) is 32.3 Å². The van der Waals surface area contributed by atoms with Gasteiger partial charge in [0.25, 0.3) is 0 Å². The SMILES string of the molecule is CCCC(O)CC(=O)CO. The lowest BCUT2D eigenvalue weighted by Gasteiger charge is -2.05. The van der Waals surface area contributed by atoms with Crippen molar-refractivity contribution < 1.29 is 15.0 Å². The van der Waals surface area contributed by atoms with Crippen molar-refractivity contribution in [2.75, 3.05) is 6.61 Å². The molecule has 0 saturated carbocycles. The van der Waals surface area contributed by atoms with E-state index in [0.29, 0.717) is 6.42 Å². The zero-order valence-corrected chi connectivity index (χ0v) is 6.21. The molecule has 0 radical (unpaired) electrons. The average Bonchev–Trinajstić information content (AvgIpc) is 1.88. The van der Waals surface area contributed by atoms with Crippen molar-refractivity contribution in [3.05, 3.63) is 0 Å². The molecule has 0 fully saturated rings. The number of hydrogen-bond acceptors (Lipinski definition) is 3. The Morgan fingerprint density at radius 2 is 2.20 bits per heavy atom. The van der Waals surface area contributed by atoms with E-state index < -0.39 is 12.7 Å². The van der Waals surface area contributed by atoms with Gasteiger partial charge in [-0.15, -0.1) is 0 Å². The zero-order chi connectivity index (χ0) is 7.98. The summed E-state index contributed by atoms with van der Waals surface area (Å²) in [6.07, 6.45) is 1.01. The van der Waals surface area contributed by atoms with Crippen LogP contribution in [0.3, 0.4) is 0 Å². The molecule has 0 rings (SSSR count). The predicted molar refractivity (Wildman–Crippen MR) is 37.6 cm³/mol. The van der Waals surface area contributed by atoms with Gasteiger partial charge >= 0.3 is 0 Å². The molecule has 3 heteroatoms. The molecule has 10 heavy (non-hydrogen) atoms. The molecule has 0 aromatic heterocycles. The number of carbonyl (C=O) groups excluding carboxylic acids is 1. The number of carbonyl (C=O) groups is 1. The molecule has 0 bridgehead atoms. The minimum absolute atomic E-state index is 0.0876. The summed E-state index contributed by atoms with van der Waals surface area (Å²) >= 11 is 0. The van der Waals surface area contributed by atoms with E-state index in [4.69, 9.17) is 10.2 Å². The largest absolute Gasteiger partial charge is 0.393 e. The maximum absolute atomic E-state index is 10.5. The minimum atomic E-state index is -0.565. The van der Waals surface area contributed by atoms with Crippen LogP contribution < -0.4 is 0 Å². The number of aliphatic hydroxyl groups is 2. The van der Waals surface area contributed by atoms with Crippen LogP contribution in [-0.2, 0) is 4.79 Å². The fraction of sp³-hybridized carbons (Fsp3) is 0.857. The van der Waals surface area contributed by atoms with Crippen LogP contribution in [0.1, 0.15) is 26.2 Å². The number of Topliss-reactive ketones (excluding diaryl/α,β-unsaturated/α-hetero) is 1. The van der Waals surface area contributed by atoms with Gasteiger partial charge in [-0.05, 0) is 6.42 Å². The van der Waals surface area contributed by atoms with Gasteiger partial charge in [-0.2, -0.15) is 0 Å². The molecule has 0 aliphatic rings. The number of rotatable bonds is 5. The van der Waals surface area contributed by atoms with Gasteiger partial charge in [0, 0.05) is 6.42 Å². The summed E-state index contributed by atoms with van der Waals surface area (Å²) < 4.78 is 0. The number of hydrogen-bond donors (Lipinski definition) is 2. The first kappa shape index (κ1) is 9.59. The first-order chi connectivity index (χ1) is 4.70. The van der Waals surface area contributed by atoms with Crippen molar-refractivity contribution >= 4 is 5.78 Å². The second-order valence-electron chi connectivity index (χ2n) is 2.34. The third-order valence-electron chi connectivity index (χ3n) is 1.26. The van der Waals surface area contributed by atoms with E-state index in [9.17, 15) is 4.79 Å². The molecule has 0 aliphatic heterocycles. The van der Waals surface area contributed by atoms with Gasteiger partial charge in [0.2, 0.25) is 0 Å². The van der Waals surface area contributed by atoms with E-state index in [0.717, 1.165) is 6.42 Å². The van der Waals surface area contributed by atoms with Crippen LogP contribution in [0.25, 0.3) is 0 Å². The van der Waals surface area contributed by atoms with Crippen LogP contribution in [-0.4, -0.2) is 28.7 Å². The van der Waals surface area contributed by atoms with Crippen LogP contribution >= 0.6 is 0 Å². The standard InChI is InChI=1S/C7H14O3/c1-2-3-6(9)4-7(10)5-8/h6,8-9H,2-5H2,1H3. The van der Waals surface area contributed by atoms with Crippen LogP contribution in [0.15, 0.2) is 0 Å². The Labute approximate surface area is 60.7 Å². The molecule has 0 spiro atoms. The molecule has 0 amide bonds. The second kappa shape index (κ2) is 5.38. The zero-order valence-electron chi connectivity index (χ0n) is 6.21. The monoisotopic (exact) mass is 146 g/mol. The van der Waals surface area contributed by atoms with Crippen LogP contribution in [0, 0.1) is 0 Å². The van der Waals surface area contributed by atoms with Gasteiger partial charge in [0.05, 0.1) is 6.10 Å². The highest BCUT2D eigenvalue weighted by atomic mass is 16.3. The fourth-order valence-corrected chi connectivity index (χ4v) is 0.763. The second-order valence-corrected chi connectivity index (χ2v) is 2.34. The van der Waals surface area contributed by atoms with Crippen molar-refractivity contribution in [2.24, 2.45) is 0 Å². The number of aliphatic hydroxyl groups excluding tert-OH is 2. The highest BCUT2D eigenvalue weighted by molar-refractivity contribution is 5.79. The first-order valence-electron chi connectivity index (χ1n) is 3.51. The molecule has 60 valence electrons. The van der Waals surface area contributed by atoms with Gasteiger partial charge in [0.1, 0.15) is 6.61 Å². The molecule has 0 saturated heterocycles. The van der Waals surface area contributed by atoms with E-state index in [1.54, 1.807) is 0 Å². The van der Waals surface area contributed by atoms with E-state index in [-0.39, 0.29) is 12.2 Å². The van der Waals surface area contributed by atoms with Gasteiger partial charge in [-0.3, -0.25) is 4.79 Å². The molecule has 0 aromatic rings. The summed E-state index contributed by atoms with van der Waals surface area (Å²) in [4.78, 5) is 10.5. The van der Waals surface area contributed by atoms with Gasteiger partial charge in [0.15, 0.2) is 5.78 Å². The minimum Gasteiger partial charge on any atom is -0.393 e. The molecule has 2 N–H and O–H groups in total. The molecular weight excluding hydrogens is 132 g/mol. The maximum Gasteiger partial charge on any atom is 0.160 e. The van der Waals surface area contributed by atoms with Crippen LogP contribution in [0.5, 0.6) is 0 Å². The third kappa shape index (κ3) is 4.47. The van der Waals surface area contributed by atoms with Crippen molar-refractivity contribution in [1.29, 1.82) is 0 Å². The summed E-state index contributed by atoms with van der Waals surface area (Å²) in [6.45, 7) is 1.48. The van der Waals surface area contributed by atoms with E-state index in [2.05, 4.69) is 0 Å². The maximum atomic E-state index is 10.5. The van der Waals surface area contributed by atoms with Gasteiger partial charge in [-0.1, -0.05) is 13.3 Å². The van der Waals surface area contributed by atoms with Gasteiger partial charge in [-0.25, -0.2) is 0 Å². The summed E-state index contributed by atoms with van der Waals surface area (Å²) in [5, 5.41) is 17.3. The Balaban J connectivity index is 3.37. The lowest BCUT2D eigenvalue weighted by molar-refractivity contribution is -0.123. The first-order valence-corrected chi connectivity index (χ1v) is 3.51. The lowest BCUT2D eigenvalue weighted by Crippen LogP contribution is -2.15. The van der Waals surface area contributed by atoms with Crippen molar-refractivity contribution in [1.82, 2.24) is 0 Å². The van der Waals surface area contributed by atoms with Gasteiger partial charge < -0.3 is 10.2 Å². The Bertz CT molecular complexity index is 101. The summed E-state index contributed by atoms with van der Waals surface area (Å²) in [7, 11) is 0. The molecule has 1 atom stereocenters. The Morgan fingerprint density at radius 1 is 1.60 bits per heavy atom. The van der Waals surface area contributed by atoms with E-state index in [1.165, 1.54) is 0 Å². The Hall–Kier alpha value is -0.410. The quantitative estimate of drug-likeness (QED) is 0.578. The summed E-state index contributed by atoms with van der Waals surface area (Å²) in [6, 6.07) is 0. The normalized spacial score (nSPS) is 13.1. The summed E-state index contributed by atoms with van der Waals surface area (Å²) in [5.74, 6) is -0.291. The highest BCUT2D eigenvalue weighted by Crippen LogP contribution is 2.00. The van der Waals surface area contributed by atoms with Crippen LogP contribution in [0.2, 0.25) is 0 Å². The van der Waals surface area contributed by atoms with Crippen molar-refractivity contribution in [3.63, 3.8) is 0 Å². The fourth-order valence-electron chi connectivity index (χ4n) is 0.763. The van der Waals surface area contributed by atoms with E-state index >= 15 is 0 Å². The average molecular weight is 146 g/mol. The molecule has 0 heterocycles. The topological polar surface area (TPSA) is 57.5 Å². The Morgan fingerprint density at radius 3 is 2.60 bits per heavy atom. The number of ketones is 1.